The number of benzene rings is 3. The molecule has 7 rings (SSSR count). The van der Waals surface area contributed by atoms with Gasteiger partial charge in [-0.3, -0.25) is 19.2 Å². The van der Waals surface area contributed by atoms with Crippen LogP contribution in [0.1, 0.15) is 117 Å². The minimum Gasteiger partial charge on any atom is -0.507 e. The van der Waals surface area contributed by atoms with Crippen molar-refractivity contribution in [2.75, 3.05) is 38.8 Å². The third kappa shape index (κ3) is 11.2. The first-order valence-electron chi connectivity index (χ1n) is 22.9. The van der Waals surface area contributed by atoms with Crippen molar-refractivity contribution in [3.8, 4) is 22.9 Å². The molecule has 3 aromatic carbocycles. The number of nitrogens with one attached hydrogen (secondary N) is 3. The highest BCUT2D eigenvalue weighted by Crippen LogP contribution is 2.52. The average molecular weight is 973 g/mol. The minimum absolute atomic E-state index is 0.0113. The summed E-state index contributed by atoms with van der Waals surface area (Å²) >= 11 is 1.83. The van der Waals surface area contributed by atoms with Gasteiger partial charge in [0.2, 0.25) is 11.7 Å². The number of phenols is 2. The van der Waals surface area contributed by atoms with E-state index in [1.54, 1.807) is 29.9 Å². The number of phenolic OH excluding ortho intramolecular Hbond substituents is 2. The lowest BCUT2D eigenvalue weighted by atomic mass is 9.71. The van der Waals surface area contributed by atoms with Gasteiger partial charge < -0.3 is 56.1 Å². The van der Waals surface area contributed by atoms with E-state index < -0.39 is 95.8 Å². The van der Waals surface area contributed by atoms with E-state index in [0.29, 0.717) is 43.2 Å². The Labute approximate surface area is 403 Å². The molecular weight excluding hydrogens is 913 g/mol. The number of aromatic nitrogens is 3. The molecule has 0 radical (unpaired) electrons. The number of ketones is 2. The number of aromatic hydroxyl groups is 2. The van der Waals surface area contributed by atoms with Crippen LogP contribution in [-0.2, 0) is 27.1 Å². The number of methoxy groups -OCH3 is 1. The van der Waals surface area contributed by atoms with Gasteiger partial charge in [0.1, 0.15) is 22.8 Å². The van der Waals surface area contributed by atoms with Crippen LogP contribution in [0.3, 0.4) is 0 Å². The smallest absolute Gasteiger partial charge is 0.271 e. The van der Waals surface area contributed by atoms with Crippen molar-refractivity contribution in [2.24, 2.45) is 10.8 Å². The van der Waals surface area contributed by atoms with Gasteiger partial charge in [-0.1, -0.05) is 17.3 Å². The summed E-state index contributed by atoms with van der Waals surface area (Å²) in [4.78, 5) is 53.9. The quantitative estimate of drug-likeness (QED) is 0.0234. The molecular formula is C48H60N8O12S. The number of amides is 2. The Morgan fingerprint density at radius 3 is 2.54 bits per heavy atom. The third-order valence-corrected chi connectivity index (χ3v) is 14.0. The molecule has 1 unspecified atom stereocenters. The third-order valence-electron chi connectivity index (χ3n) is 12.9. The molecule has 1 aliphatic heterocycles. The summed E-state index contributed by atoms with van der Waals surface area (Å²) in [5.74, 6) is -1.71. The van der Waals surface area contributed by atoms with E-state index in [1.807, 2.05) is 18.8 Å². The Kier molecular flexibility index (Phi) is 16.5. The van der Waals surface area contributed by atoms with Gasteiger partial charge in [-0.2, -0.15) is 16.9 Å². The summed E-state index contributed by atoms with van der Waals surface area (Å²) in [6.07, 6.45) is 0.0914. The molecule has 10 N–H and O–H groups in total. The molecule has 370 valence electrons. The molecule has 4 aromatic rings. The Morgan fingerprint density at radius 2 is 1.83 bits per heavy atom. The van der Waals surface area contributed by atoms with Gasteiger partial charge in [-0.25, -0.2) is 10.1 Å². The predicted molar refractivity (Wildman–Crippen MR) is 254 cm³/mol. The van der Waals surface area contributed by atoms with Gasteiger partial charge in [0, 0.05) is 72.3 Å². The lowest BCUT2D eigenvalue weighted by Crippen LogP contribution is -2.53. The molecule has 0 bridgehead atoms. The van der Waals surface area contributed by atoms with E-state index in [1.165, 1.54) is 37.4 Å². The van der Waals surface area contributed by atoms with Crippen molar-refractivity contribution in [1.82, 2.24) is 31.1 Å². The van der Waals surface area contributed by atoms with E-state index in [4.69, 9.17) is 19.9 Å². The molecule has 1 fully saturated rings. The van der Waals surface area contributed by atoms with Crippen LogP contribution >= 0.6 is 11.8 Å². The molecule has 7 atom stereocenters. The zero-order chi connectivity index (χ0) is 49.6. The number of nitrogens with zero attached hydrogens (tertiary/aromatic N) is 4. The number of hydrogen-bond acceptors (Lipinski definition) is 18. The maximum atomic E-state index is 14.1. The molecule has 2 aliphatic carbocycles. The second-order valence-corrected chi connectivity index (χ2v) is 18.8. The van der Waals surface area contributed by atoms with E-state index in [-0.39, 0.29) is 51.6 Å². The molecule has 1 saturated heterocycles. The number of thioether (sulfide) groups is 1. The molecule has 1 aromatic heterocycles. The van der Waals surface area contributed by atoms with Crippen LogP contribution in [-0.4, -0.2) is 145 Å². The Morgan fingerprint density at radius 1 is 1.07 bits per heavy atom. The van der Waals surface area contributed by atoms with Crippen LogP contribution in [0.25, 0.3) is 5.69 Å². The fraction of sp³-hybridized carbons (Fsp3) is 0.479. The first-order valence-corrected chi connectivity index (χ1v) is 24.1. The largest absolute Gasteiger partial charge is 0.507 e. The summed E-state index contributed by atoms with van der Waals surface area (Å²) < 4.78 is 19.1. The minimum atomic E-state index is -2.20. The van der Waals surface area contributed by atoms with Crippen molar-refractivity contribution in [3.05, 3.63) is 93.3 Å². The lowest BCUT2D eigenvalue weighted by Gasteiger charge is -2.43. The molecule has 21 heteroatoms. The van der Waals surface area contributed by atoms with Crippen LogP contribution in [0.2, 0.25) is 0 Å². The molecule has 2 amide bonds. The number of ether oxygens (including phenoxy) is 3. The summed E-state index contributed by atoms with van der Waals surface area (Å²) in [6, 6.07) is 10.4. The highest BCUT2D eigenvalue weighted by Gasteiger charge is 2.49. The number of fused-ring (bicyclic) bond motifs is 3. The zero-order valence-electron chi connectivity index (χ0n) is 38.9. The zero-order valence-corrected chi connectivity index (χ0v) is 39.8. The Balaban J connectivity index is 1.03. The van der Waals surface area contributed by atoms with Crippen molar-refractivity contribution in [1.29, 1.82) is 0 Å². The van der Waals surface area contributed by atoms with Crippen LogP contribution < -0.4 is 26.5 Å². The number of aliphatic hydroxyl groups excluding tert-OH is 2. The van der Waals surface area contributed by atoms with Crippen LogP contribution in [0.5, 0.6) is 17.2 Å². The second kappa shape index (κ2) is 22.3. The average Bonchev–Trinajstić information content (AvgIpc) is 3.81. The normalized spacial score (nSPS) is 22.6. The van der Waals surface area contributed by atoms with Crippen molar-refractivity contribution in [3.63, 3.8) is 0 Å². The van der Waals surface area contributed by atoms with Crippen LogP contribution in [0.4, 0.5) is 0 Å². The van der Waals surface area contributed by atoms with Crippen molar-refractivity contribution < 1.29 is 58.9 Å². The molecule has 0 saturated carbocycles. The van der Waals surface area contributed by atoms with E-state index in [0.717, 1.165) is 24.3 Å². The maximum absolute atomic E-state index is 14.1. The van der Waals surface area contributed by atoms with Crippen molar-refractivity contribution in [2.45, 2.75) is 108 Å². The van der Waals surface area contributed by atoms with Gasteiger partial charge in [0.05, 0.1) is 72.0 Å². The fourth-order valence-electron chi connectivity index (χ4n) is 8.90. The standard InChI is InChI=1S/C48H60N8O12S/c1-25(50-3)8-7-18-69-19-17-51-36(58)12-5-9-28-23-56(55-52-28)29-15-13-27(14-16-29)47(64)54-53-35(24-57)48(65)21-31-39(34(22-48)68-37-20-32(49)42(59)26(2)67-37)46(63)41-40(44(31)61)43(60)30-10-6-11-33(66-4)38(30)45(41)62/h6,10-11,13-16,23,25-26,32,34,37,42,50,57,59,61,63,65H,5,7-9,12,17-22,24,49H2,1-4H3,(H,51,58)(H,54,64)/b53-35+/t25?,26-,32-,34-,37-,42+,48-/m0/s1. The van der Waals surface area contributed by atoms with Gasteiger partial charge in [-0.15, -0.1) is 5.10 Å². The summed E-state index contributed by atoms with van der Waals surface area (Å²) in [6.45, 7) is 3.47. The summed E-state index contributed by atoms with van der Waals surface area (Å²) in [7, 11) is 3.28. The number of aliphatic hydroxyl groups is 3. The van der Waals surface area contributed by atoms with Crippen LogP contribution in [0.15, 0.2) is 53.8 Å². The second-order valence-electron chi connectivity index (χ2n) is 17.6. The number of hydrazone groups is 1. The molecule has 3 aliphatic rings. The SMILES string of the molecule is CNC(C)CCCSCCNC(=O)CCCc1cn(-c2ccc(C(=O)N/N=C(\CO)[C@]3(O)Cc4c(O)c5c(c(O)c4[C@@H](O[C@H]4C[C@H](N)[C@H](O)[C@H](C)O4)C3)C(=O)c3c(OC)cccc3C5=O)cc2)nn1. The van der Waals surface area contributed by atoms with E-state index in [2.05, 4.69) is 38.4 Å². The number of rotatable bonds is 20. The van der Waals surface area contributed by atoms with Crippen LogP contribution in [0, 0.1) is 0 Å². The van der Waals surface area contributed by atoms with E-state index in [9.17, 15) is 44.7 Å². The molecule has 69 heavy (non-hydrogen) atoms. The lowest BCUT2D eigenvalue weighted by molar-refractivity contribution is -0.245. The Bertz CT molecular complexity index is 2560. The number of carbonyl (C=O) groups is 4. The monoisotopic (exact) mass is 972 g/mol. The van der Waals surface area contributed by atoms with Gasteiger partial charge in [0.25, 0.3) is 5.91 Å². The highest BCUT2D eigenvalue weighted by atomic mass is 32.2. The first-order chi connectivity index (χ1) is 33.1. The summed E-state index contributed by atoms with van der Waals surface area (Å²) in [5.41, 5.74) is 5.94. The predicted octanol–water partition coefficient (Wildman–Crippen LogP) is 2.36. The summed E-state index contributed by atoms with van der Waals surface area (Å²) in [5, 5.41) is 76.1. The number of nitrogens with two attached hydrogens (primary N) is 1. The fourth-order valence-corrected chi connectivity index (χ4v) is 9.72. The number of aryl methyl sites for hydroxylation is 1. The first kappa shape index (κ1) is 51.1. The van der Waals surface area contributed by atoms with Gasteiger partial charge >= 0.3 is 0 Å². The van der Waals surface area contributed by atoms with Gasteiger partial charge in [0.15, 0.2) is 12.1 Å². The Hall–Kier alpha value is -5.78. The topological polar surface area (TPSA) is 302 Å². The maximum Gasteiger partial charge on any atom is 0.271 e. The number of carbonyl (C=O) groups excluding carboxylic acids is 4. The highest BCUT2D eigenvalue weighted by molar-refractivity contribution is 7.99. The molecule has 2 heterocycles. The van der Waals surface area contributed by atoms with Crippen molar-refractivity contribution >= 4 is 40.9 Å². The molecule has 20 nitrogen and oxygen atoms in total. The van der Waals surface area contributed by atoms with Gasteiger partial charge in [-0.05, 0) is 82.7 Å². The molecule has 0 spiro atoms. The van der Waals surface area contributed by atoms with E-state index >= 15 is 0 Å². The number of hydrogen-bond donors (Lipinski definition) is 9.